The van der Waals surface area contributed by atoms with E-state index in [1.54, 1.807) is 10.9 Å². The second-order valence-electron chi connectivity index (χ2n) is 4.93. The normalized spacial score (nSPS) is 11.0. The van der Waals surface area contributed by atoms with E-state index >= 15 is 0 Å². The van der Waals surface area contributed by atoms with E-state index in [4.69, 9.17) is 0 Å². The molecule has 0 amide bonds. The first-order chi connectivity index (χ1) is 10.8. The molecule has 0 spiro atoms. The number of nitrogens with zero attached hydrogens (tertiary/aromatic N) is 5. The lowest BCUT2D eigenvalue weighted by Gasteiger charge is -2.01. The lowest BCUT2D eigenvalue weighted by atomic mass is 10.1. The van der Waals surface area contributed by atoms with Crippen LogP contribution in [0, 0.1) is 0 Å². The fraction of sp³-hybridized carbons (Fsp3) is 0.357. The topological polar surface area (TPSA) is 98.6 Å². The molecule has 3 aromatic heterocycles. The summed E-state index contributed by atoms with van der Waals surface area (Å²) < 4.78 is 6.24. The summed E-state index contributed by atoms with van der Waals surface area (Å²) in [6.45, 7) is 0.698. The summed E-state index contributed by atoms with van der Waals surface area (Å²) in [6.07, 6.45) is 6.17. The number of aryl methyl sites for hydroxylation is 2. The molecule has 0 unspecified atom stereocenters. The van der Waals surface area contributed by atoms with Crippen LogP contribution in [0.4, 0.5) is 0 Å². The maximum Gasteiger partial charge on any atom is 0.360 e. The number of methoxy groups -OCH3 is 1. The van der Waals surface area contributed by atoms with Gasteiger partial charge >= 0.3 is 5.97 Å². The Balaban J connectivity index is 1.48. The van der Waals surface area contributed by atoms with Crippen molar-refractivity contribution in [2.24, 2.45) is 0 Å². The van der Waals surface area contributed by atoms with E-state index in [1.807, 2.05) is 18.3 Å². The number of rotatable bonds is 6. The minimum atomic E-state index is -0.471. The summed E-state index contributed by atoms with van der Waals surface area (Å²) in [5, 5.41) is 17.0. The molecule has 0 aromatic carbocycles. The molecule has 3 heterocycles. The Bertz CT molecular complexity index is 778. The largest absolute Gasteiger partial charge is 0.464 e. The Labute approximate surface area is 126 Å². The number of ether oxygens (including phenoxy) is 1. The van der Waals surface area contributed by atoms with E-state index in [9.17, 15) is 4.79 Å². The third-order valence-corrected chi connectivity index (χ3v) is 3.36. The van der Waals surface area contributed by atoms with Crippen LogP contribution in [0.2, 0.25) is 0 Å². The zero-order valence-corrected chi connectivity index (χ0v) is 12.2. The average Bonchev–Trinajstić information content (AvgIpc) is 3.19. The van der Waals surface area contributed by atoms with Gasteiger partial charge in [-0.1, -0.05) is 5.21 Å². The predicted molar refractivity (Wildman–Crippen MR) is 78.2 cm³/mol. The molecule has 3 aromatic rings. The van der Waals surface area contributed by atoms with Crippen molar-refractivity contribution in [2.75, 3.05) is 7.11 Å². The molecule has 8 nitrogen and oxygen atoms in total. The second-order valence-corrected chi connectivity index (χ2v) is 4.93. The van der Waals surface area contributed by atoms with E-state index in [0.717, 1.165) is 36.0 Å². The minimum Gasteiger partial charge on any atom is -0.464 e. The van der Waals surface area contributed by atoms with Crippen LogP contribution in [0.25, 0.3) is 11.0 Å². The lowest BCUT2D eigenvalue weighted by molar-refractivity contribution is 0.0594. The number of fused-ring (bicyclic) bond motifs is 1. The van der Waals surface area contributed by atoms with Crippen molar-refractivity contribution < 1.29 is 9.53 Å². The van der Waals surface area contributed by atoms with Crippen LogP contribution < -0.4 is 0 Å². The van der Waals surface area contributed by atoms with Crippen molar-refractivity contribution in [3.63, 3.8) is 0 Å². The van der Waals surface area contributed by atoms with Crippen molar-refractivity contribution in [2.45, 2.75) is 25.8 Å². The van der Waals surface area contributed by atoms with Crippen LogP contribution in [-0.2, 0) is 17.7 Å². The molecule has 0 radical (unpaired) electrons. The molecule has 0 bridgehead atoms. The van der Waals surface area contributed by atoms with Gasteiger partial charge < -0.3 is 9.72 Å². The first-order valence-electron chi connectivity index (χ1n) is 7.04. The lowest BCUT2D eigenvalue weighted by Crippen LogP contribution is -2.02. The van der Waals surface area contributed by atoms with Gasteiger partial charge in [-0.15, -0.1) is 10.2 Å². The number of carbonyl (C=O) groups excluding carboxylic acids is 1. The monoisotopic (exact) mass is 300 g/mol. The number of esters is 1. The van der Waals surface area contributed by atoms with Crippen LogP contribution in [0.15, 0.2) is 24.5 Å². The molecule has 0 aliphatic heterocycles. The maximum absolute atomic E-state index is 11.3. The summed E-state index contributed by atoms with van der Waals surface area (Å²) in [5.41, 5.74) is 2.01. The molecule has 1 N–H and O–H groups in total. The molecule has 0 saturated heterocycles. The first-order valence-corrected chi connectivity index (χ1v) is 7.04. The van der Waals surface area contributed by atoms with Crippen molar-refractivity contribution >= 4 is 17.0 Å². The second kappa shape index (κ2) is 6.33. The third kappa shape index (κ3) is 3.11. The van der Waals surface area contributed by atoms with E-state index in [0.29, 0.717) is 6.54 Å². The smallest absolute Gasteiger partial charge is 0.360 e. The van der Waals surface area contributed by atoms with Crippen LogP contribution in [0.3, 0.4) is 0 Å². The highest BCUT2D eigenvalue weighted by molar-refractivity contribution is 5.86. The zero-order chi connectivity index (χ0) is 15.4. The van der Waals surface area contributed by atoms with Crippen molar-refractivity contribution in [3.8, 4) is 0 Å². The summed E-state index contributed by atoms with van der Waals surface area (Å²) >= 11 is 0. The molecule has 0 fully saturated rings. The number of H-pyrrole nitrogens is 1. The first kappa shape index (κ1) is 14.2. The summed E-state index contributed by atoms with van der Waals surface area (Å²) in [7, 11) is 1.32. The molecule has 114 valence electrons. The number of hydrogen-bond donors (Lipinski definition) is 1. The third-order valence-electron chi connectivity index (χ3n) is 3.36. The van der Waals surface area contributed by atoms with E-state index in [1.165, 1.54) is 7.11 Å². The minimum absolute atomic E-state index is 0.228. The molecular formula is C14H16N6O2. The number of hydrogen-bond acceptors (Lipinski definition) is 6. The summed E-state index contributed by atoms with van der Waals surface area (Å²) in [4.78, 5) is 14.3. The Hall–Kier alpha value is -2.77. The van der Waals surface area contributed by atoms with Crippen LogP contribution >= 0.6 is 0 Å². The SMILES string of the molecule is COC(=O)c1cn(CCCCc2cc3cc[nH]c3nn2)nn1. The average molecular weight is 300 g/mol. The van der Waals surface area contributed by atoms with Gasteiger partial charge in [-0.05, 0) is 31.4 Å². The highest BCUT2D eigenvalue weighted by atomic mass is 16.5. The van der Waals surface area contributed by atoms with Gasteiger partial charge in [0.2, 0.25) is 0 Å². The Kier molecular flexibility index (Phi) is 4.08. The number of nitrogens with one attached hydrogen (secondary N) is 1. The van der Waals surface area contributed by atoms with Crippen LogP contribution in [0.5, 0.6) is 0 Å². The Morgan fingerprint density at radius 3 is 3.09 bits per heavy atom. The highest BCUT2D eigenvalue weighted by Gasteiger charge is 2.10. The molecule has 22 heavy (non-hydrogen) atoms. The molecular weight excluding hydrogens is 284 g/mol. The molecule has 3 rings (SSSR count). The zero-order valence-electron chi connectivity index (χ0n) is 12.2. The number of aromatic amines is 1. The fourth-order valence-electron chi connectivity index (χ4n) is 2.21. The van der Waals surface area contributed by atoms with Gasteiger partial charge in [0.15, 0.2) is 11.3 Å². The van der Waals surface area contributed by atoms with Gasteiger partial charge in [-0.2, -0.15) is 5.10 Å². The predicted octanol–water partition coefficient (Wildman–Crippen LogP) is 1.36. The van der Waals surface area contributed by atoms with Crippen molar-refractivity contribution in [1.82, 2.24) is 30.2 Å². The quantitative estimate of drug-likeness (QED) is 0.545. The Morgan fingerprint density at radius 1 is 1.32 bits per heavy atom. The van der Waals surface area contributed by atoms with Crippen LogP contribution in [0.1, 0.15) is 29.0 Å². The molecule has 0 aliphatic rings. The number of aromatic nitrogens is 6. The Morgan fingerprint density at radius 2 is 2.23 bits per heavy atom. The van der Waals surface area contributed by atoms with Gasteiger partial charge in [0.1, 0.15) is 0 Å². The van der Waals surface area contributed by atoms with E-state index < -0.39 is 5.97 Å². The molecule has 8 heteroatoms. The van der Waals surface area contributed by atoms with Gasteiger partial charge in [-0.3, -0.25) is 4.68 Å². The van der Waals surface area contributed by atoms with Gasteiger partial charge in [0.25, 0.3) is 0 Å². The highest BCUT2D eigenvalue weighted by Crippen LogP contribution is 2.11. The van der Waals surface area contributed by atoms with Gasteiger partial charge in [-0.25, -0.2) is 4.79 Å². The fourth-order valence-corrected chi connectivity index (χ4v) is 2.21. The standard InChI is InChI=1S/C14H16N6O2/c1-22-14(21)12-9-20(19-17-12)7-3-2-4-11-8-10-5-6-15-13(10)18-16-11/h5-6,8-9H,2-4,7H2,1H3,(H,15,18). The van der Waals surface area contributed by atoms with E-state index in [-0.39, 0.29) is 5.69 Å². The molecule has 0 atom stereocenters. The number of unbranched alkanes of at least 4 members (excludes halogenated alkanes) is 1. The van der Waals surface area contributed by atoms with Crippen LogP contribution in [-0.4, -0.2) is 43.3 Å². The number of carbonyl (C=O) groups is 1. The van der Waals surface area contributed by atoms with E-state index in [2.05, 4.69) is 30.2 Å². The maximum atomic E-state index is 11.3. The van der Waals surface area contributed by atoms with Gasteiger partial charge in [0, 0.05) is 18.1 Å². The summed E-state index contributed by atoms with van der Waals surface area (Å²) in [5.74, 6) is -0.471. The van der Waals surface area contributed by atoms with Gasteiger partial charge in [0.05, 0.1) is 19.0 Å². The van der Waals surface area contributed by atoms with Crippen molar-refractivity contribution in [1.29, 1.82) is 0 Å². The van der Waals surface area contributed by atoms with Crippen molar-refractivity contribution in [3.05, 3.63) is 35.9 Å². The molecule has 0 aliphatic carbocycles. The summed E-state index contributed by atoms with van der Waals surface area (Å²) in [6, 6.07) is 4.03. The molecule has 0 saturated carbocycles.